The van der Waals surface area contributed by atoms with Gasteiger partial charge in [0.1, 0.15) is 5.75 Å². The second-order valence-corrected chi connectivity index (χ2v) is 7.01. The summed E-state index contributed by atoms with van der Waals surface area (Å²) in [5.41, 5.74) is 8.22. The van der Waals surface area contributed by atoms with Crippen molar-refractivity contribution in [2.75, 3.05) is 0 Å². The first kappa shape index (κ1) is 17.0. The Balaban J connectivity index is 3.40. The third-order valence-electron chi connectivity index (χ3n) is 4.47. The first-order valence-electron chi connectivity index (χ1n) is 7.26. The fourth-order valence-electron chi connectivity index (χ4n) is 2.07. The van der Waals surface area contributed by atoms with Crippen molar-refractivity contribution in [3.63, 3.8) is 0 Å². The number of hydrogen-bond acceptors (Lipinski definition) is 2. The van der Waals surface area contributed by atoms with E-state index in [1.54, 1.807) is 0 Å². The predicted molar refractivity (Wildman–Crippen MR) is 90.5 cm³/mol. The molecule has 0 aromatic heterocycles. The van der Waals surface area contributed by atoms with E-state index in [0.29, 0.717) is 0 Å². The van der Waals surface area contributed by atoms with Crippen LogP contribution < -0.4 is 10.5 Å². The summed E-state index contributed by atoms with van der Waals surface area (Å²) in [5.74, 6) is 0.778. The van der Waals surface area contributed by atoms with Gasteiger partial charge < -0.3 is 10.5 Å². The van der Waals surface area contributed by atoms with E-state index in [1.807, 2.05) is 6.07 Å². The minimum absolute atomic E-state index is 0.0277. The van der Waals surface area contributed by atoms with Gasteiger partial charge in [0, 0.05) is 5.56 Å². The Morgan fingerprint density at radius 3 is 2.10 bits per heavy atom. The highest BCUT2D eigenvalue weighted by Gasteiger charge is 2.26. The third-order valence-corrected chi connectivity index (χ3v) is 4.55. The Labute approximate surface area is 128 Å². The number of ether oxygens (including phenoxy) is 1. The average molecular weight is 293 g/mol. The van der Waals surface area contributed by atoms with Crippen LogP contribution in [0.15, 0.2) is 18.2 Å². The molecule has 2 N–H and O–H groups in total. The largest absolute Gasteiger partial charge is 0.432 e. The zero-order valence-electron chi connectivity index (χ0n) is 13.5. The normalized spacial score (nSPS) is 12.3. The molecule has 0 spiro atoms. The molecule has 1 rings (SSSR count). The molecule has 0 bridgehead atoms. The molecular weight excluding hydrogens is 266 g/mol. The van der Waals surface area contributed by atoms with E-state index in [4.69, 9.17) is 22.7 Å². The lowest BCUT2D eigenvalue weighted by molar-refractivity contribution is 0.460. The predicted octanol–water partition coefficient (Wildman–Crippen LogP) is 4.68. The van der Waals surface area contributed by atoms with E-state index in [0.717, 1.165) is 18.6 Å². The van der Waals surface area contributed by atoms with Crippen LogP contribution in [0.1, 0.15) is 65.5 Å². The highest BCUT2D eigenvalue weighted by molar-refractivity contribution is 7.80. The van der Waals surface area contributed by atoms with Gasteiger partial charge in [0.2, 0.25) is 0 Å². The summed E-state index contributed by atoms with van der Waals surface area (Å²) in [6.45, 7) is 13.4. The Hall–Kier alpha value is -1.09. The third kappa shape index (κ3) is 3.72. The number of rotatable bonds is 5. The van der Waals surface area contributed by atoms with Gasteiger partial charge in [-0.3, -0.25) is 0 Å². The lowest BCUT2D eigenvalue weighted by Crippen LogP contribution is -2.23. The van der Waals surface area contributed by atoms with Gasteiger partial charge in [-0.2, -0.15) is 0 Å². The number of hydrogen-bond donors (Lipinski definition) is 1. The summed E-state index contributed by atoms with van der Waals surface area (Å²) in [6.07, 6.45) is 2.12. The molecule has 0 fully saturated rings. The van der Waals surface area contributed by atoms with Crippen molar-refractivity contribution in [3.8, 4) is 5.75 Å². The molecular formula is C17H27NOS. The fourth-order valence-corrected chi connectivity index (χ4v) is 2.16. The first-order valence-corrected chi connectivity index (χ1v) is 7.67. The molecule has 0 saturated heterocycles. The zero-order valence-corrected chi connectivity index (χ0v) is 14.4. The zero-order chi connectivity index (χ0) is 15.6. The van der Waals surface area contributed by atoms with Crippen molar-refractivity contribution in [1.29, 1.82) is 0 Å². The number of benzene rings is 1. The molecule has 0 heterocycles. The second kappa shape index (κ2) is 6.13. The minimum Gasteiger partial charge on any atom is -0.432 e. The summed E-state index contributed by atoms with van der Waals surface area (Å²) >= 11 is 4.88. The van der Waals surface area contributed by atoms with Crippen molar-refractivity contribution >= 4 is 17.4 Å². The molecule has 3 heteroatoms. The average Bonchev–Trinajstić information content (AvgIpc) is 2.38. The van der Waals surface area contributed by atoms with Crippen molar-refractivity contribution < 1.29 is 4.74 Å². The smallest absolute Gasteiger partial charge is 0.259 e. The van der Waals surface area contributed by atoms with Gasteiger partial charge in [-0.1, -0.05) is 53.7 Å². The molecule has 1 aromatic rings. The summed E-state index contributed by atoms with van der Waals surface area (Å²) < 4.78 is 5.54. The fraction of sp³-hybridized carbons (Fsp3) is 0.588. The quantitative estimate of drug-likeness (QED) is 0.800. The highest BCUT2D eigenvalue weighted by Crippen LogP contribution is 2.38. The van der Waals surface area contributed by atoms with Gasteiger partial charge in [-0.25, -0.2) is 0 Å². The van der Waals surface area contributed by atoms with E-state index < -0.39 is 0 Å². The molecule has 0 atom stereocenters. The Morgan fingerprint density at radius 1 is 1.10 bits per heavy atom. The summed E-state index contributed by atoms with van der Waals surface area (Å²) in [6, 6.07) is 6.37. The van der Waals surface area contributed by atoms with Crippen LogP contribution in [0.3, 0.4) is 0 Å². The maximum Gasteiger partial charge on any atom is 0.259 e. The topological polar surface area (TPSA) is 35.2 Å². The molecule has 112 valence electrons. The van der Waals surface area contributed by atoms with Gasteiger partial charge >= 0.3 is 0 Å². The molecule has 0 amide bonds. The van der Waals surface area contributed by atoms with Crippen molar-refractivity contribution in [2.45, 2.75) is 65.2 Å². The molecule has 0 aliphatic carbocycles. The molecule has 0 aliphatic heterocycles. The molecule has 0 unspecified atom stereocenters. The van der Waals surface area contributed by atoms with E-state index in [2.05, 4.69) is 53.7 Å². The lowest BCUT2D eigenvalue weighted by Gasteiger charge is -2.30. The minimum atomic E-state index is 0.0277. The van der Waals surface area contributed by atoms with Crippen LogP contribution in [-0.2, 0) is 10.8 Å². The van der Waals surface area contributed by atoms with Crippen molar-refractivity contribution in [2.24, 2.45) is 5.73 Å². The SMILES string of the molecule is CCC(C)(C)c1ccc(OC(N)=S)c(C(C)(C)CC)c1. The van der Waals surface area contributed by atoms with Gasteiger partial charge in [-0.05, 0) is 47.5 Å². The van der Waals surface area contributed by atoms with Gasteiger partial charge in [-0.15, -0.1) is 0 Å². The maximum absolute atomic E-state index is 5.54. The Kier molecular flexibility index (Phi) is 5.20. The van der Waals surface area contributed by atoms with Gasteiger partial charge in [0.05, 0.1) is 0 Å². The van der Waals surface area contributed by atoms with Crippen LogP contribution in [0.4, 0.5) is 0 Å². The van der Waals surface area contributed by atoms with Crippen molar-refractivity contribution in [1.82, 2.24) is 0 Å². The lowest BCUT2D eigenvalue weighted by atomic mass is 9.76. The summed E-state index contributed by atoms with van der Waals surface area (Å²) in [5, 5.41) is 0.0701. The van der Waals surface area contributed by atoms with Crippen LogP contribution in [0.25, 0.3) is 0 Å². The first-order chi connectivity index (χ1) is 9.14. The van der Waals surface area contributed by atoms with E-state index in [1.165, 1.54) is 11.1 Å². The van der Waals surface area contributed by atoms with E-state index in [9.17, 15) is 0 Å². The molecule has 1 aromatic carbocycles. The molecule has 0 radical (unpaired) electrons. The van der Waals surface area contributed by atoms with Gasteiger partial charge in [0.25, 0.3) is 5.17 Å². The van der Waals surface area contributed by atoms with Crippen LogP contribution >= 0.6 is 12.2 Å². The standard InChI is InChI=1S/C17H27NOS/c1-7-16(3,4)12-9-10-14(19-15(18)20)13(11-12)17(5,6)8-2/h9-11H,7-8H2,1-6H3,(H2,18,20). The van der Waals surface area contributed by atoms with Crippen LogP contribution in [-0.4, -0.2) is 5.17 Å². The molecule has 0 aliphatic rings. The number of nitrogens with two attached hydrogens (primary N) is 1. The maximum atomic E-state index is 5.54. The number of thiocarbonyl (C=S) groups is 1. The van der Waals surface area contributed by atoms with Crippen molar-refractivity contribution in [3.05, 3.63) is 29.3 Å². The Bertz CT molecular complexity index is 492. The molecule has 0 saturated carbocycles. The summed E-state index contributed by atoms with van der Waals surface area (Å²) in [4.78, 5) is 0. The van der Waals surface area contributed by atoms with E-state index in [-0.39, 0.29) is 16.0 Å². The monoisotopic (exact) mass is 293 g/mol. The highest BCUT2D eigenvalue weighted by atomic mass is 32.1. The molecule has 20 heavy (non-hydrogen) atoms. The summed E-state index contributed by atoms with van der Waals surface area (Å²) in [7, 11) is 0. The second-order valence-electron chi connectivity index (χ2n) is 6.61. The Morgan fingerprint density at radius 2 is 1.65 bits per heavy atom. The van der Waals surface area contributed by atoms with Crippen LogP contribution in [0.2, 0.25) is 0 Å². The van der Waals surface area contributed by atoms with Crippen LogP contribution in [0.5, 0.6) is 5.75 Å². The van der Waals surface area contributed by atoms with Gasteiger partial charge in [0.15, 0.2) is 0 Å². The van der Waals surface area contributed by atoms with Crippen LogP contribution in [0, 0.1) is 0 Å². The van der Waals surface area contributed by atoms with E-state index >= 15 is 0 Å². The molecule has 2 nitrogen and oxygen atoms in total.